The fourth-order valence-corrected chi connectivity index (χ4v) is 2.24. The Hall–Kier alpha value is -3.10. The van der Waals surface area contributed by atoms with Crippen molar-refractivity contribution < 1.29 is 18.0 Å². The van der Waals surface area contributed by atoms with Gasteiger partial charge in [-0.05, 0) is 29.8 Å². The van der Waals surface area contributed by atoms with Gasteiger partial charge in [-0.1, -0.05) is 12.1 Å². The van der Waals surface area contributed by atoms with Gasteiger partial charge in [-0.15, -0.1) is 0 Å². The summed E-state index contributed by atoms with van der Waals surface area (Å²) in [4.78, 5) is 18.9. The first-order chi connectivity index (χ1) is 11.4. The number of H-pyrrole nitrogens is 2. The number of rotatable bonds is 4. The fourth-order valence-electron chi connectivity index (χ4n) is 2.24. The minimum Gasteiger partial charge on any atom is -0.357 e. The maximum absolute atomic E-state index is 12.9. The quantitative estimate of drug-likeness (QED) is 0.685. The first-order valence-electron chi connectivity index (χ1n) is 6.92. The molecule has 6 nitrogen and oxygen atoms in total. The third kappa shape index (κ3) is 3.29. The van der Waals surface area contributed by atoms with Crippen LogP contribution in [0.3, 0.4) is 0 Å². The lowest BCUT2D eigenvalue weighted by Gasteiger charge is -2.18. The maximum Gasteiger partial charge on any atom is 0.416 e. The number of alkyl halides is 3. The van der Waals surface area contributed by atoms with Gasteiger partial charge in [0.15, 0.2) is 5.82 Å². The zero-order valence-electron chi connectivity index (χ0n) is 12.1. The molecule has 0 aliphatic carbocycles. The molecule has 0 saturated carbocycles. The lowest BCUT2D eigenvalue weighted by molar-refractivity contribution is -0.137. The van der Waals surface area contributed by atoms with E-state index in [9.17, 15) is 18.0 Å². The Labute approximate surface area is 134 Å². The van der Waals surface area contributed by atoms with Gasteiger partial charge < -0.3 is 10.3 Å². The minimum atomic E-state index is -4.48. The molecule has 9 heteroatoms. The zero-order chi connectivity index (χ0) is 17.2. The van der Waals surface area contributed by atoms with Crippen molar-refractivity contribution in [2.24, 2.45) is 0 Å². The van der Waals surface area contributed by atoms with Gasteiger partial charge >= 0.3 is 6.18 Å². The number of halogens is 3. The molecule has 0 bridgehead atoms. The van der Waals surface area contributed by atoms with Crippen molar-refractivity contribution >= 4 is 5.91 Å². The Morgan fingerprint density at radius 3 is 2.67 bits per heavy atom. The highest BCUT2D eigenvalue weighted by Gasteiger charge is 2.31. The highest BCUT2D eigenvalue weighted by atomic mass is 19.4. The molecule has 3 aromatic rings. The molecular formula is C15H12F3N5O. The highest BCUT2D eigenvalue weighted by molar-refractivity contribution is 5.92. The molecule has 3 N–H and O–H groups in total. The van der Waals surface area contributed by atoms with Crippen LogP contribution in [0.2, 0.25) is 0 Å². The van der Waals surface area contributed by atoms with Crippen molar-refractivity contribution in [3.63, 3.8) is 0 Å². The lowest BCUT2D eigenvalue weighted by atomic mass is 10.0. The molecule has 0 unspecified atom stereocenters. The van der Waals surface area contributed by atoms with E-state index >= 15 is 0 Å². The van der Waals surface area contributed by atoms with Gasteiger partial charge in [0, 0.05) is 6.20 Å². The predicted octanol–water partition coefficient (Wildman–Crippen LogP) is 2.67. The van der Waals surface area contributed by atoms with Crippen LogP contribution in [0.4, 0.5) is 13.2 Å². The van der Waals surface area contributed by atoms with E-state index in [-0.39, 0.29) is 17.1 Å². The van der Waals surface area contributed by atoms with Gasteiger partial charge in [0.1, 0.15) is 18.1 Å². The van der Waals surface area contributed by atoms with E-state index in [1.807, 2.05) is 0 Å². The van der Waals surface area contributed by atoms with Gasteiger partial charge in [0.2, 0.25) is 0 Å². The summed E-state index contributed by atoms with van der Waals surface area (Å²) in [6, 6.07) is 7.00. The molecule has 2 heterocycles. The molecular weight excluding hydrogens is 323 g/mol. The standard InChI is InChI=1S/C15H12F3N5O/c16-15(17,18)10-4-1-3-9(7-10)12(13-20-8-21-23-13)22-14(24)11-5-2-6-19-11/h1-8,12,19H,(H,22,24)(H,20,21,23)/t12-/m1/s1. The van der Waals surface area contributed by atoms with E-state index in [0.717, 1.165) is 12.1 Å². The van der Waals surface area contributed by atoms with E-state index in [1.165, 1.54) is 18.5 Å². The number of carbonyl (C=O) groups excluding carboxylic acids is 1. The van der Waals surface area contributed by atoms with Gasteiger partial charge in [-0.2, -0.15) is 18.3 Å². The average Bonchev–Trinajstić information content (AvgIpc) is 3.25. The lowest BCUT2D eigenvalue weighted by Crippen LogP contribution is -2.30. The summed E-state index contributed by atoms with van der Waals surface area (Å²) in [5, 5.41) is 8.92. The third-order valence-electron chi connectivity index (χ3n) is 3.37. The summed E-state index contributed by atoms with van der Waals surface area (Å²) in [6.07, 6.45) is -1.69. The van der Waals surface area contributed by atoms with Crippen molar-refractivity contribution in [2.75, 3.05) is 0 Å². The van der Waals surface area contributed by atoms with Crippen LogP contribution in [0.15, 0.2) is 48.9 Å². The Balaban J connectivity index is 1.96. The van der Waals surface area contributed by atoms with Crippen molar-refractivity contribution in [3.05, 3.63) is 71.6 Å². The molecule has 1 amide bonds. The van der Waals surface area contributed by atoms with Crippen LogP contribution in [0.25, 0.3) is 0 Å². The molecule has 0 radical (unpaired) electrons. The monoisotopic (exact) mass is 335 g/mol. The van der Waals surface area contributed by atoms with E-state index in [0.29, 0.717) is 0 Å². The Bertz CT molecular complexity index is 812. The number of nitrogens with one attached hydrogen (secondary N) is 3. The molecule has 0 fully saturated rings. The molecule has 1 atom stereocenters. The van der Waals surface area contributed by atoms with Crippen LogP contribution in [0, 0.1) is 0 Å². The molecule has 2 aromatic heterocycles. The van der Waals surface area contributed by atoms with Crippen LogP contribution < -0.4 is 5.32 Å². The molecule has 1 aromatic carbocycles. The minimum absolute atomic E-state index is 0.231. The van der Waals surface area contributed by atoms with E-state index in [2.05, 4.69) is 25.5 Å². The first-order valence-corrected chi connectivity index (χ1v) is 6.92. The number of carbonyl (C=O) groups is 1. The van der Waals surface area contributed by atoms with Crippen LogP contribution in [0.1, 0.15) is 33.5 Å². The number of hydrogen-bond donors (Lipinski definition) is 3. The number of aromatic amines is 2. The van der Waals surface area contributed by atoms with Crippen molar-refractivity contribution in [1.82, 2.24) is 25.5 Å². The summed E-state index contributed by atoms with van der Waals surface area (Å²) >= 11 is 0. The molecule has 24 heavy (non-hydrogen) atoms. The highest BCUT2D eigenvalue weighted by Crippen LogP contribution is 2.31. The summed E-state index contributed by atoms with van der Waals surface area (Å²) in [5.74, 6) is -0.243. The Morgan fingerprint density at radius 2 is 2.04 bits per heavy atom. The molecule has 0 aliphatic rings. The summed E-state index contributed by atoms with van der Waals surface area (Å²) in [7, 11) is 0. The smallest absolute Gasteiger partial charge is 0.357 e. The Morgan fingerprint density at radius 1 is 1.21 bits per heavy atom. The number of nitrogens with zero attached hydrogens (tertiary/aromatic N) is 2. The van der Waals surface area contributed by atoms with Crippen molar-refractivity contribution in [2.45, 2.75) is 12.2 Å². The second-order valence-corrected chi connectivity index (χ2v) is 4.98. The number of hydrogen-bond acceptors (Lipinski definition) is 3. The van der Waals surface area contributed by atoms with Crippen molar-refractivity contribution in [3.8, 4) is 0 Å². The normalized spacial score (nSPS) is 12.8. The summed E-state index contributed by atoms with van der Waals surface area (Å²) in [6.45, 7) is 0. The van der Waals surface area contributed by atoms with Crippen LogP contribution in [-0.4, -0.2) is 26.1 Å². The number of aromatic nitrogens is 4. The van der Waals surface area contributed by atoms with Crippen LogP contribution in [0.5, 0.6) is 0 Å². The fraction of sp³-hybridized carbons (Fsp3) is 0.133. The molecule has 124 valence electrons. The van der Waals surface area contributed by atoms with E-state index in [4.69, 9.17) is 0 Å². The van der Waals surface area contributed by atoms with E-state index in [1.54, 1.807) is 18.3 Å². The first kappa shape index (κ1) is 15.8. The van der Waals surface area contributed by atoms with Gasteiger partial charge in [0.05, 0.1) is 5.56 Å². The zero-order valence-corrected chi connectivity index (χ0v) is 12.1. The van der Waals surface area contributed by atoms with Gasteiger partial charge in [-0.25, -0.2) is 4.98 Å². The molecule has 0 saturated heterocycles. The largest absolute Gasteiger partial charge is 0.416 e. The summed E-state index contributed by atoms with van der Waals surface area (Å²) in [5.41, 5.74) is -0.286. The predicted molar refractivity (Wildman–Crippen MR) is 77.9 cm³/mol. The van der Waals surface area contributed by atoms with Gasteiger partial charge in [-0.3, -0.25) is 9.89 Å². The summed E-state index contributed by atoms with van der Waals surface area (Å²) < 4.78 is 38.8. The average molecular weight is 335 g/mol. The second kappa shape index (κ2) is 6.19. The second-order valence-electron chi connectivity index (χ2n) is 4.98. The third-order valence-corrected chi connectivity index (χ3v) is 3.37. The maximum atomic E-state index is 12.9. The molecule has 3 rings (SSSR count). The van der Waals surface area contributed by atoms with Crippen LogP contribution >= 0.6 is 0 Å². The molecule has 0 spiro atoms. The van der Waals surface area contributed by atoms with Gasteiger partial charge in [0.25, 0.3) is 5.91 Å². The van der Waals surface area contributed by atoms with E-state index < -0.39 is 23.7 Å². The Kier molecular flexibility index (Phi) is 4.07. The number of amides is 1. The van der Waals surface area contributed by atoms with Crippen molar-refractivity contribution in [1.29, 1.82) is 0 Å². The SMILES string of the molecule is O=C(N[C@H](c1cccc(C(F)(F)F)c1)c1ncn[nH]1)c1ccc[nH]1. The number of benzene rings is 1. The van der Waals surface area contributed by atoms with Crippen LogP contribution in [-0.2, 0) is 6.18 Å². The topological polar surface area (TPSA) is 86.5 Å². The molecule has 0 aliphatic heterocycles.